The summed E-state index contributed by atoms with van der Waals surface area (Å²) in [5, 5.41) is 6.08. The Balaban J connectivity index is 1.84. The summed E-state index contributed by atoms with van der Waals surface area (Å²) in [6, 6.07) is 8.88. The Hall–Kier alpha value is -1.39. The molecule has 2 atom stereocenters. The van der Waals surface area contributed by atoms with E-state index < -0.39 is 0 Å². The van der Waals surface area contributed by atoms with Crippen LogP contribution in [-0.4, -0.2) is 33.8 Å². The average Bonchev–Trinajstić information content (AvgIpc) is 2.81. The third-order valence-electron chi connectivity index (χ3n) is 4.46. The number of hydrogen-bond donors (Lipinski definition) is 1. The highest BCUT2D eigenvalue weighted by Crippen LogP contribution is 2.22. The number of nitrogens with zero attached hydrogens (tertiary/aromatic N) is 3. The Bertz CT molecular complexity index is 589. The van der Waals surface area contributed by atoms with E-state index in [9.17, 15) is 0 Å². The molecule has 4 heteroatoms. The molecule has 1 aromatic carbocycles. The molecule has 1 fully saturated rings. The highest BCUT2D eigenvalue weighted by molar-refractivity contribution is 5.81. The van der Waals surface area contributed by atoms with E-state index in [1.165, 1.54) is 16.6 Å². The van der Waals surface area contributed by atoms with Crippen LogP contribution in [0, 0.1) is 5.92 Å². The maximum atomic E-state index is 6.10. The molecule has 20 heavy (non-hydrogen) atoms. The average molecular weight is 272 g/mol. The van der Waals surface area contributed by atoms with Gasteiger partial charge in [-0.3, -0.25) is 9.58 Å². The predicted molar refractivity (Wildman–Crippen MR) is 82.4 cm³/mol. The van der Waals surface area contributed by atoms with Crippen LogP contribution < -0.4 is 5.73 Å². The largest absolute Gasteiger partial charge is 0.327 e. The van der Waals surface area contributed by atoms with Crippen molar-refractivity contribution in [3.05, 3.63) is 30.0 Å². The molecule has 0 amide bonds. The van der Waals surface area contributed by atoms with Crippen molar-refractivity contribution in [2.24, 2.45) is 11.7 Å². The predicted octanol–water partition coefficient (Wildman–Crippen LogP) is 2.23. The molecule has 0 saturated carbocycles. The summed E-state index contributed by atoms with van der Waals surface area (Å²) < 4.78 is 2.10. The van der Waals surface area contributed by atoms with E-state index in [4.69, 9.17) is 10.8 Å². The lowest BCUT2D eigenvalue weighted by atomic mass is 9.95. The third kappa shape index (κ3) is 2.45. The second-order valence-corrected chi connectivity index (χ2v) is 5.94. The number of nitrogens with two attached hydrogens (primary N) is 1. The van der Waals surface area contributed by atoms with Crippen LogP contribution in [-0.2, 0) is 13.1 Å². The van der Waals surface area contributed by atoms with Gasteiger partial charge < -0.3 is 5.73 Å². The highest BCUT2D eigenvalue weighted by Gasteiger charge is 2.24. The highest BCUT2D eigenvalue weighted by atomic mass is 15.3. The van der Waals surface area contributed by atoms with E-state index in [1.807, 2.05) is 0 Å². The minimum absolute atomic E-state index is 0.358. The van der Waals surface area contributed by atoms with Gasteiger partial charge in [0.15, 0.2) is 0 Å². The zero-order valence-corrected chi connectivity index (χ0v) is 12.4. The molecule has 1 aliphatic rings. The molecular weight excluding hydrogens is 248 g/mol. The van der Waals surface area contributed by atoms with Crippen LogP contribution >= 0.6 is 0 Å². The summed E-state index contributed by atoms with van der Waals surface area (Å²) in [6.45, 7) is 8.41. The lowest BCUT2D eigenvalue weighted by Gasteiger charge is -2.34. The van der Waals surface area contributed by atoms with Crippen LogP contribution in [0.1, 0.15) is 26.0 Å². The fourth-order valence-electron chi connectivity index (χ4n) is 3.16. The van der Waals surface area contributed by atoms with Crippen molar-refractivity contribution in [3.63, 3.8) is 0 Å². The number of aryl methyl sites for hydroxylation is 1. The summed E-state index contributed by atoms with van der Waals surface area (Å²) in [7, 11) is 0. The van der Waals surface area contributed by atoms with Gasteiger partial charge in [-0.15, -0.1) is 0 Å². The minimum Gasteiger partial charge on any atom is -0.327 e. The van der Waals surface area contributed by atoms with E-state index in [2.05, 4.69) is 47.7 Å². The van der Waals surface area contributed by atoms with Crippen molar-refractivity contribution in [1.82, 2.24) is 14.7 Å². The van der Waals surface area contributed by atoms with Gasteiger partial charge in [-0.2, -0.15) is 5.10 Å². The van der Waals surface area contributed by atoms with Gasteiger partial charge in [0.2, 0.25) is 0 Å². The second-order valence-electron chi connectivity index (χ2n) is 5.94. The summed E-state index contributed by atoms with van der Waals surface area (Å²) in [5.74, 6) is 0.572. The molecule has 1 aromatic heterocycles. The molecule has 108 valence electrons. The molecular formula is C16H24N4. The summed E-state index contributed by atoms with van der Waals surface area (Å²) in [5.41, 5.74) is 8.55. The number of piperidine rings is 1. The van der Waals surface area contributed by atoms with Crippen LogP contribution in [0.15, 0.2) is 24.3 Å². The Morgan fingerprint density at radius 3 is 2.90 bits per heavy atom. The van der Waals surface area contributed by atoms with Crippen molar-refractivity contribution in [3.8, 4) is 0 Å². The first-order valence-electron chi connectivity index (χ1n) is 7.61. The van der Waals surface area contributed by atoms with Crippen molar-refractivity contribution in [2.75, 3.05) is 13.1 Å². The van der Waals surface area contributed by atoms with Crippen molar-refractivity contribution >= 4 is 10.9 Å². The number of likely N-dealkylation sites (tertiary alicyclic amines) is 1. The zero-order chi connectivity index (χ0) is 14.1. The van der Waals surface area contributed by atoms with Crippen LogP contribution in [0.5, 0.6) is 0 Å². The van der Waals surface area contributed by atoms with Gasteiger partial charge in [-0.05, 0) is 25.3 Å². The smallest absolute Gasteiger partial charge is 0.0843 e. The third-order valence-corrected chi connectivity index (χ3v) is 4.46. The van der Waals surface area contributed by atoms with E-state index in [0.717, 1.165) is 32.6 Å². The molecule has 0 spiro atoms. The Morgan fingerprint density at radius 1 is 1.35 bits per heavy atom. The lowest BCUT2D eigenvalue weighted by Crippen LogP contribution is -2.45. The number of hydrogen-bond acceptors (Lipinski definition) is 3. The Morgan fingerprint density at radius 2 is 2.15 bits per heavy atom. The summed E-state index contributed by atoms with van der Waals surface area (Å²) in [6.07, 6.45) is 1.09. The molecule has 0 bridgehead atoms. The number of fused-ring (bicyclic) bond motifs is 1. The minimum atomic E-state index is 0.358. The fourth-order valence-corrected chi connectivity index (χ4v) is 3.16. The van der Waals surface area contributed by atoms with Crippen LogP contribution in [0.4, 0.5) is 0 Å². The van der Waals surface area contributed by atoms with Gasteiger partial charge in [-0.25, -0.2) is 0 Å². The number of para-hydroxylation sites is 1. The van der Waals surface area contributed by atoms with Gasteiger partial charge in [0.25, 0.3) is 0 Å². The molecule has 2 heterocycles. The molecule has 3 rings (SSSR count). The maximum Gasteiger partial charge on any atom is 0.0843 e. The molecule has 4 nitrogen and oxygen atoms in total. The number of rotatable bonds is 3. The molecule has 0 radical (unpaired) electrons. The van der Waals surface area contributed by atoms with Crippen LogP contribution in [0.2, 0.25) is 0 Å². The van der Waals surface area contributed by atoms with Gasteiger partial charge >= 0.3 is 0 Å². The summed E-state index contributed by atoms with van der Waals surface area (Å²) in [4.78, 5) is 2.49. The van der Waals surface area contributed by atoms with E-state index >= 15 is 0 Å². The van der Waals surface area contributed by atoms with E-state index in [0.29, 0.717) is 12.0 Å². The van der Waals surface area contributed by atoms with Gasteiger partial charge in [0.1, 0.15) is 0 Å². The van der Waals surface area contributed by atoms with Gasteiger partial charge in [0, 0.05) is 37.6 Å². The lowest BCUT2D eigenvalue weighted by molar-refractivity contribution is 0.156. The van der Waals surface area contributed by atoms with Gasteiger partial charge in [-0.1, -0.05) is 25.1 Å². The first-order chi connectivity index (χ1) is 9.69. The van der Waals surface area contributed by atoms with Crippen LogP contribution in [0.25, 0.3) is 10.9 Å². The van der Waals surface area contributed by atoms with Crippen molar-refractivity contribution in [1.29, 1.82) is 0 Å². The fraction of sp³-hybridized carbons (Fsp3) is 0.562. The molecule has 0 aliphatic carbocycles. The molecule has 1 aliphatic heterocycles. The van der Waals surface area contributed by atoms with Gasteiger partial charge in [0.05, 0.1) is 11.2 Å². The normalized spacial score (nSPS) is 24.4. The molecule has 1 saturated heterocycles. The molecule has 2 unspecified atom stereocenters. The SMILES string of the molecule is CCn1nc(CN2CCC(N)C(C)C2)c2ccccc21. The topological polar surface area (TPSA) is 47.1 Å². The first-order valence-corrected chi connectivity index (χ1v) is 7.61. The quantitative estimate of drug-likeness (QED) is 0.932. The monoisotopic (exact) mass is 272 g/mol. The zero-order valence-electron chi connectivity index (χ0n) is 12.4. The van der Waals surface area contributed by atoms with E-state index in [1.54, 1.807) is 0 Å². The van der Waals surface area contributed by atoms with Crippen molar-refractivity contribution < 1.29 is 0 Å². The molecule has 2 N–H and O–H groups in total. The number of benzene rings is 1. The number of aromatic nitrogens is 2. The first kappa shape index (κ1) is 13.6. The second kappa shape index (κ2) is 5.54. The summed E-state index contributed by atoms with van der Waals surface area (Å²) >= 11 is 0. The van der Waals surface area contributed by atoms with Crippen molar-refractivity contribution in [2.45, 2.75) is 39.4 Å². The van der Waals surface area contributed by atoms with E-state index in [-0.39, 0.29) is 0 Å². The Labute approximate surface area is 120 Å². The molecule has 2 aromatic rings. The maximum absolute atomic E-state index is 6.10. The Kier molecular flexibility index (Phi) is 3.76. The van der Waals surface area contributed by atoms with Crippen LogP contribution in [0.3, 0.4) is 0 Å². The standard InChI is InChI=1S/C16H24N4/c1-3-20-16-7-5-4-6-13(16)15(18-20)11-19-9-8-14(17)12(2)10-19/h4-7,12,14H,3,8-11,17H2,1-2H3.